The lowest BCUT2D eigenvalue weighted by Gasteiger charge is -2.37. The molecule has 7 rings (SSSR count). The van der Waals surface area contributed by atoms with Crippen LogP contribution >= 0.6 is 0 Å². The molecule has 3 amide bonds. The third-order valence-electron chi connectivity index (χ3n) is 11.7. The molecule has 0 bridgehead atoms. The van der Waals surface area contributed by atoms with Gasteiger partial charge in [-0.3, -0.25) is 19.1 Å². The molecule has 342 valence electrons. The predicted molar refractivity (Wildman–Crippen MR) is 221 cm³/mol. The monoisotopic (exact) mass is 890 g/mol. The minimum atomic E-state index is -2.24. The van der Waals surface area contributed by atoms with Crippen LogP contribution in [0.25, 0.3) is 0 Å². The van der Waals surface area contributed by atoms with Gasteiger partial charge in [-0.15, -0.1) is 5.10 Å². The van der Waals surface area contributed by atoms with Crippen molar-refractivity contribution in [2.24, 2.45) is 5.92 Å². The SMILES string of the molecule is C[C@@H](/C=C/CCn1cc(C(CO)c2ccccc2)nn1)[C@]1(O)C(=O)N(Cc2cccc(NC(=O)[C@H]3O[C@@H](O)[C@H](O)[C@@H](O)[C@@H]3O)c2)c2ccc(NC(=O)[C@H]3O[C@@H](O)[C@H](O)[C@@H](O)[C@@H]3O)cc21. The van der Waals surface area contributed by atoms with Crippen LogP contribution in [0.2, 0.25) is 0 Å². The lowest BCUT2D eigenvalue weighted by Crippen LogP contribution is -2.60. The van der Waals surface area contributed by atoms with Crippen LogP contribution in [-0.4, -0.2) is 152 Å². The van der Waals surface area contributed by atoms with Crippen molar-refractivity contribution >= 4 is 34.8 Å². The standard InChI is InChI=1S/C43H50N6O15/c1-21(8-5-6-15-48-19-28(46-47-48)26(20-50)23-10-3-2-4-11-23)43(62)27-17-25(45-39(58)37-33(54)31(52)35(56)41(60)64-37)13-14-29(27)49(42(43)61)18-22-9-7-12-24(16-22)44-38(57)36-32(53)30(51)34(55)40(59)63-36/h2-5,7-14,16-17,19,21,26,30-37,40-41,50-56,59-60,62H,6,15,18,20H2,1H3,(H,44,57)(H,45,58)/b8-5+/t21-,26?,30-,31-,32-,33-,34+,35+,36-,37-,40+,41+,43+/m0/s1. The number of carbonyl (C=O) groups excluding carboxylic acids is 3. The molecule has 21 nitrogen and oxygen atoms in total. The van der Waals surface area contributed by atoms with Gasteiger partial charge in [0.15, 0.2) is 30.4 Å². The highest BCUT2D eigenvalue weighted by Gasteiger charge is 2.53. The maximum atomic E-state index is 14.5. The van der Waals surface area contributed by atoms with Crippen LogP contribution in [0.3, 0.4) is 0 Å². The van der Waals surface area contributed by atoms with Gasteiger partial charge in [0.2, 0.25) is 0 Å². The first kappa shape index (κ1) is 46.5. The van der Waals surface area contributed by atoms with Gasteiger partial charge in [-0.25, -0.2) is 0 Å². The van der Waals surface area contributed by atoms with Crippen molar-refractivity contribution in [3.63, 3.8) is 0 Å². The Morgan fingerprint density at radius 3 is 2.02 bits per heavy atom. The molecule has 2 saturated heterocycles. The molecule has 12 N–H and O–H groups in total. The van der Waals surface area contributed by atoms with Crippen molar-refractivity contribution in [3.8, 4) is 0 Å². The zero-order chi connectivity index (χ0) is 46.0. The normalized spacial score (nSPS) is 30.2. The number of fused-ring (bicyclic) bond motifs is 1. The molecule has 64 heavy (non-hydrogen) atoms. The largest absolute Gasteiger partial charge is 0.395 e. The molecule has 0 aliphatic carbocycles. The highest BCUT2D eigenvalue weighted by Crippen LogP contribution is 2.47. The second-order valence-electron chi connectivity index (χ2n) is 16.0. The van der Waals surface area contributed by atoms with E-state index >= 15 is 0 Å². The van der Waals surface area contributed by atoms with Gasteiger partial charge in [-0.1, -0.05) is 66.8 Å². The van der Waals surface area contributed by atoms with Crippen molar-refractivity contribution in [1.29, 1.82) is 0 Å². The van der Waals surface area contributed by atoms with E-state index < -0.39 is 90.7 Å². The lowest BCUT2D eigenvalue weighted by atomic mass is 9.82. The number of hydrogen-bond acceptors (Lipinski definition) is 17. The minimum Gasteiger partial charge on any atom is -0.395 e. The van der Waals surface area contributed by atoms with E-state index in [1.807, 2.05) is 30.3 Å². The summed E-state index contributed by atoms with van der Waals surface area (Å²) < 4.78 is 11.7. The quantitative estimate of drug-likeness (QED) is 0.0603. The summed E-state index contributed by atoms with van der Waals surface area (Å²) in [6.45, 7) is 1.66. The fraction of sp³-hybridized carbons (Fsp3) is 0.419. The fourth-order valence-corrected chi connectivity index (χ4v) is 7.98. The Bertz CT molecular complexity index is 2330. The Balaban J connectivity index is 1.11. The zero-order valence-corrected chi connectivity index (χ0v) is 34.2. The number of nitrogens with zero attached hydrogens (tertiary/aromatic N) is 4. The van der Waals surface area contributed by atoms with Crippen molar-refractivity contribution < 1.29 is 74.9 Å². The number of hydrogen-bond donors (Lipinski definition) is 12. The Kier molecular flexibility index (Phi) is 14.0. The molecule has 3 aliphatic rings. The molecule has 3 aliphatic heterocycles. The number of ether oxygens (including phenoxy) is 2. The van der Waals surface area contributed by atoms with Gasteiger partial charge >= 0.3 is 0 Å². The number of nitrogens with one attached hydrogen (secondary N) is 2. The first-order chi connectivity index (χ1) is 30.5. The summed E-state index contributed by atoms with van der Waals surface area (Å²) in [5, 5.41) is 117. The van der Waals surface area contributed by atoms with E-state index in [1.165, 1.54) is 35.2 Å². The van der Waals surface area contributed by atoms with E-state index in [0.717, 1.165) is 5.56 Å². The van der Waals surface area contributed by atoms with Gasteiger partial charge in [-0.05, 0) is 47.9 Å². The second-order valence-corrected chi connectivity index (χ2v) is 16.0. The zero-order valence-electron chi connectivity index (χ0n) is 34.2. The summed E-state index contributed by atoms with van der Waals surface area (Å²) in [7, 11) is 0. The number of benzene rings is 3. The Morgan fingerprint density at radius 1 is 0.797 bits per heavy atom. The molecule has 3 aromatic carbocycles. The lowest BCUT2D eigenvalue weighted by molar-refractivity contribution is -0.274. The van der Waals surface area contributed by atoms with Crippen LogP contribution in [0.1, 0.15) is 41.6 Å². The van der Waals surface area contributed by atoms with Crippen LogP contribution in [0.4, 0.5) is 17.1 Å². The molecular weight excluding hydrogens is 840 g/mol. The van der Waals surface area contributed by atoms with E-state index in [-0.39, 0.29) is 41.7 Å². The third-order valence-corrected chi connectivity index (χ3v) is 11.7. The number of rotatable bonds is 14. The molecule has 13 atom stereocenters. The number of aryl methyl sites for hydroxylation is 1. The first-order valence-corrected chi connectivity index (χ1v) is 20.4. The van der Waals surface area contributed by atoms with E-state index in [4.69, 9.17) is 9.47 Å². The van der Waals surface area contributed by atoms with Gasteiger partial charge in [0.1, 0.15) is 36.6 Å². The maximum absolute atomic E-state index is 14.5. The van der Waals surface area contributed by atoms with Gasteiger partial charge < -0.3 is 76.1 Å². The first-order valence-electron chi connectivity index (χ1n) is 20.4. The Morgan fingerprint density at radius 2 is 1.41 bits per heavy atom. The summed E-state index contributed by atoms with van der Waals surface area (Å²) in [6, 6.07) is 19.8. The molecule has 0 spiro atoms. The van der Waals surface area contributed by atoms with Gasteiger partial charge in [0.05, 0.1) is 30.5 Å². The van der Waals surface area contributed by atoms with Crippen molar-refractivity contribution in [2.45, 2.75) is 99.4 Å². The third kappa shape index (κ3) is 9.19. The van der Waals surface area contributed by atoms with Crippen LogP contribution in [0.5, 0.6) is 0 Å². The van der Waals surface area contributed by atoms with E-state index in [1.54, 1.807) is 42.1 Å². The smallest absolute Gasteiger partial charge is 0.264 e. The van der Waals surface area contributed by atoms with Crippen LogP contribution in [0, 0.1) is 5.92 Å². The van der Waals surface area contributed by atoms with Crippen LogP contribution < -0.4 is 15.5 Å². The highest BCUT2D eigenvalue weighted by atomic mass is 16.6. The van der Waals surface area contributed by atoms with Gasteiger partial charge in [0.25, 0.3) is 17.7 Å². The molecule has 21 heteroatoms. The maximum Gasteiger partial charge on any atom is 0.264 e. The molecule has 0 radical (unpaired) electrons. The molecule has 1 aromatic heterocycles. The van der Waals surface area contributed by atoms with Crippen molar-refractivity contribution in [2.75, 3.05) is 22.1 Å². The topological polar surface area (TPSA) is 330 Å². The summed E-state index contributed by atoms with van der Waals surface area (Å²) in [5.74, 6) is -3.97. The molecule has 1 unspecified atom stereocenters. The number of carbonyl (C=O) groups is 3. The van der Waals surface area contributed by atoms with E-state index in [9.17, 15) is 65.4 Å². The van der Waals surface area contributed by atoms with Gasteiger partial charge in [0, 0.05) is 35.6 Å². The Hall–Kier alpha value is -5.53. The summed E-state index contributed by atoms with van der Waals surface area (Å²) >= 11 is 0. The second kappa shape index (κ2) is 19.3. The number of aliphatic hydroxyl groups is 10. The highest BCUT2D eigenvalue weighted by molar-refractivity contribution is 6.08. The summed E-state index contributed by atoms with van der Waals surface area (Å²) in [4.78, 5) is 42.1. The van der Waals surface area contributed by atoms with E-state index in [2.05, 4.69) is 20.9 Å². The van der Waals surface area contributed by atoms with Crippen molar-refractivity contribution in [3.05, 3.63) is 114 Å². The van der Waals surface area contributed by atoms with E-state index in [0.29, 0.717) is 24.2 Å². The summed E-state index contributed by atoms with van der Waals surface area (Å²) in [5.41, 5.74) is 0.214. The van der Waals surface area contributed by atoms with Crippen LogP contribution in [0.15, 0.2) is 91.1 Å². The molecule has 4 heterocycles. The minimum absolute atomic E-state index is 0.0390. The Labute approximate surface area is 365 Å². The number of allylic oxidation sites excluding steroid dienone is 1. The van der Waals surface area contributed by atoms with Crippen molar-refractivity contribution in [1.82, 2.24) is 15.0 Å². The fourth-order valence-electron chi connectivity index (χ4n) is 7.98. The average molecular weight is 891 g/mol. The molecular formula is C43H50N6O15. The predicted octanol–water partition coefficient (Wildman–Crippen LogP) is -2.10. The average Bonchev–Trinajstić information content (AvgIpc) is 3.83. The molecule has 2 fully saturated rings. The number of amides is 3. The van der Waals surface area contributed by atoms with Crippen LogP contribution in [-0.2, 0) is 42.5 Å². The molecule has 0 saturated carbocycles. The number of anilines is 3. The molecule has 4 aromatic rings. The number of aromatic nitrogens is 3. The number of aliphatic hydroxyl groups excluding tert-OH is 9. The van der Waals surface area contributed by atoms with Gasteiger partial charge in [-0.2, -0.15) is 0 Å². The summed E-state index contributed by atoms with van der Waals surface area (Å²) in [6.07, 6.45) is -13.2.